The molecular weight excluding hydrogens is 416 g/mol. The summed E-state index contributed by atoms with van der Waals surface area (Å²) in [6, 6.07) is 0. The number of hydrogen-bond acceptors (Lipinski definition) is 5. The molecule has 7 nitrogen and oxygen atoms in total. The van der Waals surface area contributed by atoms with E-state index in [-0.39, 0.29) is 0 Å². The number of piperazine rings is 1. The fraction of sp³-hybridized carbons (Fsp3) is 0.957. The lowest BCUT2D eigenvalue weighted by Crippen LogP contribution is -2.56. The van der Waals surface area contributed by atoms with Crippen LogP contribution in [0.4, 0.5) is 0 Å². The molecule has 8 heteroatoms. The summed E-state index contributed by atoms with van der Waals surface area (Å²) in [7, 11) is 0.912. The van der Waals surface area contributed by atoms with Gasteiger partial charge in [0.05, 0.1) is 47.4 Å². The maximum Gasteiger partial charge on any atom is 0.222 e. The zero-order valence-electron chi connectivity index (χ0n) is 20.6. The van der Waals surface area contributed by atoms with Crippen LogP contribution in [-0.4, -0.2) is 75.6 Å². The van der Waals surface area contributed by atoms with E-state index in [4.69, 9.17) is 0 Å². The average molecular weight is 465 g/mol. The summed E-state index contributed by atoms with van der Waals surface area (Å²) < 4.78 is 32.1. The molecule has 31 heavy (non-hydrogen) atoms. The predicted octanol–water partition coefficient (Wildman–Crippen LogP) is 4.48. The zero-order valence-corrected chi connectivity index (χ0v) is 21.4. The predicted molar refractivity (Wildman–Crippen MR) is 125 cm³/mol. The van der Waals surface area contributed by atoms with Crippen molar-refractivity contribution in [1.29, 1.82) is 0 Å². The van der Waals surface area contributed by atoms with Crippen molar-refractivity contribution in [2.24, 2.45) is 0 Å². The Morgan fingerprint density at radius 3 is 1.55 bits per heavy atom. The Morgan fingerprint density at radius 2 is 1.19 bits per heavy atom. The molecule has 0 radical (unpaired) electrons. The lowest BCUT2D eigenvalue weighted by molar-refractivity contribution is -0.894. The van der Waals surface area contributed by atoms with Gasteiger partial charge in [-0.25, -0.2) is 8.42 Å². The van der Waals surface area contributed by atoms with Crippen LogP contribution in [0.1, 0.15) is 96.8 Å². The second-order valence-electron chi connectivity index (χ2n) is 9.33. The lowest BCUT2D eigenvalue weighted by atomic mass is 10.0. The second kappa shape index (κ2) is 17.8. The summed E-state index contributed by atoms with van der Waals surface area (Å²) >= 11 is 0. The molecule has 0 aliphatic carbocycles. The maximum absolute atomic E-state index is 12.2. The first-order valence-corrected chi connectivity index (χ1v) is 13.6. The lowest BCUT2D eigenvalue weighted by Gasteiger charge is -2.39. The zero-order chi connectivity index (χ0) is 23.6. The van der Waals surface area contributed by atoms with Crippen molar-refractivity contribution in [3.05, 3.63) is 0 Å². The third-order valence-electron chi connectivity index (χ3n) is 6.00. The smallest absolute Gasteiger partial charge is 0.222 e. The van der Waals surface area contributed by atoms with Crippen LogP contribution in [0.15, 0.2) is 0 Å². The number of carbonyl (C=O) groups excluding carboxylic acids is 1. The van der Waals surface area contributed by atoms with Gasteiger partial charge < -0.3 is 13.9 Å². The summed E-state index contributed by atoms with van der Waals surface area (Å²) in [5.74, 6) is 0.391. The normalized spacial score (nSPS) is 16.0. The standard InChI is InChI=1S/C22H45N2O.CH4O4S/c1-4-5-6-7-8-9-10-11-12-13-14-15-16-17-22(25)23-18-20-24(2,3)21-19-23;1-5-6(2,3)4/h4-21H2,1-3H3;1H3,(H,2,3,4)/q+1;/p-1. The van der Waals surface area contributed by atoms with Crippen LogP contribution >= 0.6 is 0 Å². The number of likely N-dealkylation sites (N-methyl/N-ethyl adjacent to an activating group) is 1. The third kappa shape index (κ3) is 19.7. The molecule has 0 aromatic heterocycles. The van der Waals surface area contributed by atoms with Crippen LogP contribution < -0.4 is 0 Å². The molecule has 0 aromatic rings. The van der Waals surface area contributed by atoms with Crippen LogP contribution in [0.25, 0.3) is 0 Å². The minimum Gasteiger partial charge on any atom is -0.726 e. The van der Waals surface area contributed by atoms with Crippen molar-refractivity contribution in [1.82, 2.24) is 4.90 Å². The minimum absolute atomic E-state index is 0.391. The Morgan fingerprint density at radius 1 is 0.839 bits per heavy atom. The highest BCUT2D eigenvalue weighted by Crippen LogP contribution is 2.14. The van der Waals surface area contributed by atoms with E-state index in [0.29, 0.717) is 5.91 Å². The third-order valence-corrected chi connectivity index (χ3v) is 6.41. The van der Waals surface area contributed by atoms with Gasteiger partial charge in [-0.2, -0.15) is 0 Å². The van der Waals surface area contributed by atoms with Gasteiger partial charge in [0.2, 0.25) is 16.3 Å². The van der Waals surface area contributed by atoms with Gasteiger partial charge in [-0.05, 0) is 6.42 Å². The van der Waals surface area contributed by atoms with Gasteiger partial charge in [0, 0.05) is 6.42 Å². The molecule has 0 atom stereocenters. The molecule has 0 aromatic carbocycles. The number of nitrogens with zero attached hydrogens (tertiary/aromatic N) is 2. The maximum atomic E-state index is 12.2. The van der Waals surface area contributed by atoms with Gasteiger partial charge in [0.1, 0.15) is 0 Å². The SMILES string of the molecule is CCCCCCCCCCCCCCCC(=O)N1CC[N+](C)(C)CC1.COS(=O)(=O)[O-]. The number of unbranched alkanes of at least 4 members (excludes halogenated alkanes) is 12. The molecule has 0 N–H and O–H groups in total. The van der Waals surface area contributed by atoms with E-state index in [1.165, 1.54) is 77.0 Å². The molecule has 0 saturated carbocycles. The minimum atomic E-state index is -4.41. The average Bonchev–Trinajstić information content (AvgIpc) is 2.71. The first-order valence-electron chi connectivity index (χ1n) is 12.2. The van der Waals surface area contributed by atoms with E-state index in [1.807, 2.05) is 0 Å². The Hall–Kier alpha value is -0.700. The summed E-state index contributed by atoms with van der Waals surface area (Å²) in [6.07, 6.45) is 18.5. The fourth-order valence-corrected chi connectivity index (χ4v) is 3.71. The van der Waals surface area contributed by atoms with Gasteiger partial charge in [0.25, 0.3) is 0 Å². The first kappa shape index (κ1) is 30.3. The summed E-state index contributed by atoms with van der Waals surface area (Å²) in [4.78, 5) is 14.3. The molecule has 1 heterocycles. The van der Waals surface area contributed by atoms with Crippen molar-refractivity contribution in [3.63, 3.8) is 0 Å². The van der Waals surface area contributed by atoms with Crippen LogP contribution in [0.2, 0.25) is 0 Å². The Labute approximate surface area is 192 Å². The van der Waals surface area contributed by atoms with Crippen LogP contribution in [0, 0.1) is 0 Å². The number of quaternary nitrogens is 1. The van der Waals surface area contributed by atoms with Gasteiger partial charge in [0.15, 0.2) is 0 Å². The van der Waals surface area contributed by atoms with E-state index in [1.54, 1.807) is 0 Å². The second-order valence-corrected chi connectivity index (χ2v) is 10.5. The summed E-state index contributed by atoms with van der Waals surface area (Å²) in [5, 5.41) is 0. The monoisotopic (exact) mass is 464 g/mol. The first-order chi connectivity index (χ1) is 14.6. The quantitative estimate of drug-likeness (QED) is 0.154. The largest absolute Gasteiger partial charge is 0.726 e. The molecule has 0 unspecified atom stereocenters. The fourth-order valence-electron chi connectivity index (χ4n) is 3.71. The van der Waals surface area contributed by atoms with Crippen LogP contribution in [-0.2, 0) is 19.4 Å². The molecule has 1 aliphatic heterocycles. The molecular formula is C23H48N2O5S. The highest BCUT2D eigenvalue weighted by Gasteiger charge is 2.26. The molecule has 186 valence electrons. The van der Waals surface area contributed by atoms with Gasteiger partial charge in [-0.15, -0.1) is 0 Å². The van der Waals surface area contributed by atoms with Gasteiger partial charge >= 0.3 is 0 Å². The van der Waals surface area contributed by atoms with Crippen LogP contribution in [0.3, 0.4) is 0 Å². The van der Waals surface area contributed by atoms with Gasteiger partial charge in [-0.1, -0.05) is 84.0 Å². The molecule has 1 rings (SSSR count). The van der Waals surface area contributed by atoms with Crippen molar-refractivity contribution in [2.45, 2.75) is 96.8 Å². The number of hydrogen-bond donors (Lipinski definition) is 0. The summed E-state index contributed by atoms with van der Waals surface area (Å²) in [5.41, 5.74) is 0. The Kier molecular flexibility index (Phi) is 17.4. The van der Waals surface area contributed by atoms with E-state index in [2.05, 4.69) is 30.1 Å². The van der Waals surface area contributed by atoms with Crippen molar-refractivity contribution in [2.75, 3.05) is 47.4 Å². The molecule has 0 spiro atoms. The molecule has 1 fully saturated rings. The van der Waals surface area contributed by atoms with Crippen molar-refractivity contribution < 1.29 is 26.4 Å². The highest BCUT2D eigenvalue weighted by molar-refractivity contribution is 7.80. The van der Waals surface area contributed by atoms with Crippen molar-refractivity contribution in [3.8, 4) is 0 Å². The Balaban J connectivity index is 0.00000131. The van der Waals surface area contributed by atoms with E-state index >= 15 is 0 Å². The highest BCUT2D eigenvalue weighted by atomic mass is 32.3. The number of amides is 1. The molecule has 1 amide bonds. The van der Waals surface area contributed by atoms with E-state index in [0.717, 1.165) is 50.6 Å². The van der Waals surface area contributed by atoms with Crippen molar-refractivity contribution >= 4 is 16.3 Å². The van der Waals surface area contributed by atoms with Crippen LogP contribution in [0.5, 0.6) is 0 Å². The molecule has 1 saturated heterocycles. The molecule has 1 aliphatic rings. The summed E-state index contributed by atoms with van der Waals surface area (Å²) in [6.45, 7) is 6.38. The van der Waals surface area contributed by atoms with E-state index in [9.17, 15) is 17.8 Å². The van der Waals surface area contributed by atoms with E-state index < -0.39 is 10.4 Å². The Bertz CT molecular complexity index is 542. The topological polar surface area (TPSA) is 86.7 Å². The molecule has 0 bridgehead atoms. The number of carbonyl (C=O) groups is 1. The van der Waals surface area contributed by atoms with Gasteiger partial charge in [-0.3, -0.25) is 8.98 Å². The number of rotatable bonds is 15.